The highest BCUT2D eigenvalue weighted by Gasteiger charge is 2.15. The van der Waals surface area contributed by atoms with Crippen LogP contribution in [-0.2, 0) is 0 Å². The molecule has 1 amide bonds. The van der Waals surface area contributed by atoms with E-state index < -0.39 is 0 Å². The number of nitrogens with one attached hydrogen (secondary N) is 1. The number of phenolic OH excluding ortho intramolecular Hbond substituents is 1. The number of benzene rings is 2. The molecule has 0 saturated carbocycles. The molecule has 0 radical (unpaired) electrons. The molecule has 7 nitrogen and oxygen atoms in total. The van der Waals surface area contributed by atoms with Gasteiger partial charge >= 0.3 is 0 Å². The third kappa shape index (κ3) is 3.72. The first kappa shape index (κ1) is 17.6. The fraction of sp³-hybridized carbons (Fsp3) is 0.263. The van der Waals surface area contributed by atoms with Gasteiger partial charge < -0.3 is 19.5 Å². The van der Waals surface area contributed by atoms with Crippen molar-refractivity contribution in [2.24, 2.45) is 5.10 Å². The molecule has 0 atom stereocenters. The van der Waals surface area contributed by atoms with Gasteiger partial charge in [-0.3, -0.25) is 4.79 Å². The lowest BCUT2D eigenvalue weighted by molar-refractivity contribution is 0.0954. The summed E-state index contributed by atoms with van der Waals surface area (Å²) in [4.78, 5) is 14.3. The molecule has 0 fully saturated rings. The first-order valence-electron chi connectivity index (χ1n) is 8.43. The number of amides is 1. The molecule has 1 aliphatic rings. The van der Waals surface area contributed by atoms with Gasteiger partial charge in [-0.05, 0) is 44.2 Å². The number of phenols is 1. The standard InChI is InChI=1S/C19H21N3O4/c1-3-22(4-2)15-7-5-14(16(23)10-15)11-20-21-19(24)13-6-8-17-18(9-13)26-12-25-17/h5-11,23H,3-4,12H2,1-2H3,(H,21,24)/b20-11-. The van der Waals surface area contributed by atoms with Gasteiger partial charge in [-0.2, -0.15) is 5.10 Å². The van der Waals surface area contributed by atoms with E-state index in [0.29, 0.717) is 22.6 Å². The molecule has 0 aliphatic carbocycles. The minimum atomic E-state index is -0.376. The van der Waals surface area contributed by atoms with Crippen molar-refractivity contribution in [1.29, 1.82) is 0 Å². The second kappa shape index (κ2) is 7.77. The van der Waals surface area contributed by atoms with E-state index in [4.69, 9.17) is 9.47 Å². The van der Waals surface area contributed by atoms with Gasteiger partial charge in [0.05, 0.1) is 6.21 Å². The highest BCUT2D eigenvalue weighted by atomic mass is 16.7. The smallest absolute Gasteiger partial charge is 0.271 e. The zero-order valence-corrected chi connectivity index (χ0v) is 14.7. The molecule has 2 aromatic carbocycles. The normalized spacial score (nSPS) is 12.4. The van der Waals surface area contributed by atoms with E-state index in [1.54, 1.807) is 30.3 Å². The van der Waals surface area contributed by atoms with Crippen LogP contribution >= 0.6 is 0 Å². The Labute approximate surface area is 151 Å². The first-order chi connectivity index (χ1) is 12.6. The third-order valence-electron chi connectivity index (χ3n) is 4.15. The lowest BCUT2D eigenvalue weighted by atomic mass is 10.2. The average molecular weight is 355 g/mol. The summed E-state index contributed by atoms with van der Waals surface area (Å²) in [6.45, 7) is 5.98. The fourth-order valence-electron chi connectivity index (χ4n) is 2.69. The SMILES string of the molecule is CCN(CC)c1ccc(/C=N\NC(=O)c2ccc3c(c2)OCO3)c(O)c1. The largest absolute Gasteiger partial charge is 0.507 e. The van der Waals surface area contributed by atoms with Gasteiger partial charge in [0, 0.05) is 36.0 Å². The van der Waals surface area contributed by atoms with Crippen LogP contribution in [-0.4, -0.2) is 37.1 Å². The van der Waals surface area contributed by atoms with Gasteiger partial charge in [0.2, 0.25) is 6.79 Å². The van der Waals surface area contributed by atoms with Crippen LogP contribution in [0.2, 0.25) is 0 Å². The summed E-state index contributed by atoms with van der Waals surface area (Å²) in [5.41, 5.74) is 4.31. The second-order valence-corrected chi connectivity index (χ2v) is 5.68. The van der Waals surface area contributed by atoms with Gasteiger partial charge in [-0.1, -0.05) is 0 Å². The predicted octanol–water partition coefficient (Wildman–Crippen LogP) is 2.73. The summed E-state index contributed by atoms with van der Waals surface area (Å²) < 4.78 is 10.5. The summed E-state index contributed by atoms with van der Waals surface area (Å²) in [6, 6.07) is 10.3. The molecule has 0 aromatic heterocycles. The number of hydrogen-bond donors (Lipinski definition) is 2. The summed E-state index contributed by atoms with van der Waals surface area (Å²) in [7, 11) is 0. The highest BCUT2D eigenvalue weighted by molar-refractivity contribution is 5.95. The van der Waals surface area contributed by atoms with Crippen molar-refractivity contribution >= 4 is 17.8 Å². The lowest BCUT2D eigenvalue weighted by Gasteiger charge is -2.21. The van der Waals surface area contributed by atoms with Crippen molar-refractivity contribution < 1.29 is 19.4 Å². The molecule has 0 bridgehead atoms. The van der Waals surface area contributed by atoms with Gasteiger partial charge in [-0.25, -0.2) is 5.43 Å². The number of anilines is 1. The molecular weight excluding hydrogens is 334 g/mol. The Kier molecular flexibility index (Phi) is 5.26. The van der Waals surface area contributed by atoms with E-state index in [1.165, 1.54) is 6.21 Å². The van der Waals surface area contributed by atoms with Crippen molar-refractivity contribution in [2.75, 3.05) is 24.8 Å². The zero-order valence-electron chi connectivity index (χ0n) is 14.7. The molecule has 2 N–H and O–H groups in total. The molecular formula is C19H21N3O4. The number of hydrogen-bond acceptors (Lipinski definition) is 6. The monoisotopic (exact) mass is 355 g/mol. The van der Waals surface area contributed by atoms with Crippen LogP contribution in [0.15, 0.2) is 41.5 Å². The van der Waals surface area contributed by atoms with Crippen LogP contribution < -0.4 is 19.8 Å². The fourth-order valence-corrected chi connectivity index (χ4v) is 2.69. The Morgan fingerprint density at radius 3 is 2.69 bits per heavy atom. The Bertz CT molecular complexity index is 832. The Balaban J connectivity index is 1.65. The lowest BCUT2D eigenvalue weighted by Crippen LogP contribution is -2.21. The summed E-state index contributed by atoms with van der Waals surface area (Å²) >= 11 is 0. The Morgan fingerprint density at radius 1 is 1.19 bits per heavy atom. The summed E-state index contributed by atoms with van der Waals surface area (Å²) in [6.07, 6.45) is 1.41. The van der Waals surface area contributed by atoms with Gasteiger partial charge in [-0.15, -0.1) is 0 Å². The molecule has 0 saturated heterocycles. The van der Waals surface area contributed by atoms with E-state index in [2.05, 4.69) is 29.3 Å². The number of nitrogens with zero attached hydrogens (tertiary/aromatic N) is 2. The summed E-state index contributed by atoms with van der Waals surface area (Å²) in [5, 5.41) is 14.1. The molecule has 1 heterocycles. The molecule has 26 heavy (non-hydrogen) atoms. The molecule has 0 unspecified atom stereocenters. The molecule has 7 heteroatoms. The maximum absolute atomic E-state index is 12.2. The third-order valence-corrected chi connectivity index (χ3v) is 4.15. The van der Waals surface area contributed by atoms with Crippen molar-refractivity contribution in [2.45, 2.75) is 13.8 Å². The quantitative estimate of drug-likeness (QED) is 0.615. The Hall–Kier alpha value is -3.22. The molecule has 0 spiro atoms. The number of carbonyl (C=O) groups is 1. The first-order valence-corrected chi connectivity index (χ1v) is 8.43. The van der Waals surface area contributed by atoms with Crippen LogP contribution in [0.4, 0.5) is 5.69 Å². The number of ether oxygens (including phenoxy) is 2. The summed E-state index contributed by atoms with van der Waals surface area (Å²) in [5.74, 6) is 0.879. The minimum absolute atomic E-state index is 0.107. The van der Waals surface area contributed by atoms with Gasteiger partial charge in [0.25, 0.3) is 5.91 Å². The van der Waals surface area contributed by atoms with Crippen LogP contribution in [0, 0.1) is 0 Å². The Morgan fingerprint density at radius 2 is 1.96 bits per heavy atom. The highest BCUT2D eigenvalue weighted by Crippen LogP contribution is 2.32. The van der Waals surface area contributed by atoms with Crippen molar-refractivity contribution in [3.05, 3.63) is 47.5 Å². The minimum Gasteiger partial charge on any atom is -0.507 e. The van der Waals surface area contributed by atoms with E-state index >= 15 is 0 Å². The number of fused-ring (bicyclic) bond motifs is 1. The second-order valence-electron chi connectivity index (χ2n) is 5.68. The molecule has 1 aliphatic heterocycles. The van der Waals surface area contributed by atoms with Crippen molar-refractivity contribution in [3.63, 3.8) is 0 Å². The topological polar surface area (TPSA) is 83.4 Å². The van der Waals surface area contributed by atoms with Crippen LogP contribution in [0.25, 0.3) is 0 Å². The molecule has 3 rings (SSSR count). The maximum Gasteiger partial charge on any atom is 0.271 e. The van der Waals surface area contributed by atoms with Gasteiger partial charge in [0.15, 0.2) is 11.5 Å². The molecule has 136 valence electrons. The zero-order chi connectivity index (χ0) is 18.5. The maximum atomic E-state index is 12.2. The number of carbonyl (C=O) groups excluding carboxylic acids is 1. The van der Waals surface area contributed by atoms with E-state index in [0.717, 1.165) is 18.8 Å². The van der Waals surface area contributed by atoms with Crippen molar-refractivity contribution in [3.8, 4) is 17.2 Å². The predicted molar refractivity (Wildman–Crippen MR) is 99.3 cm³/mol. The van der Waals surface area contributed by atoms with Crippen LogP contribution in [0.1, 0.15) is 29.8 Å². The number of rotatable bonds is 6. The van der Waals surface area contributed by atoms with E-state index in [-0.39, 0.29) is 18.4 Å². The van der Waals surface area contributed by atoms with Crippen LogP contribution in [0.3, 0.4) is 0 Å². The van der Waals surface area contributed by atoms with E-state index in [1.807, 2.05) is 6.07 Å². The van der Waals surface area contributed by atoms with Gasteiger partial charge in [0.1, 0.15) is 5.75 Å². The number of aromatic hydroxyl groups is 1. The van der Waals surface area contributed by atoms with Crippen LogP contribution in [0.5, 0.6) is 17.2 Å². The van der Waals surface area contributed by atoms with E-state index in [9.17, 15) is 9.90 Å². The van der Waals surface area contributed by atoms with Crippen molar-refractivity contribution in [1.82, 2.24) is 5.43 Å². The average Bonchev–Trinajstić information content (AvgIpc) is 3.12. The molecule has 2 aromatic rings. The number of hydrazone groups is 1.